The molecule has 4 nitrogen and oxygen atoms in total. The van der Waals surface area contributed by atoms with E-state index in [-0.39, 0.29) is 18.2 Å². The maximum Gasteiger partial charge on any atom is 0.254 e. The second-order valence-electron chi connectivity index (χ2n) is 4.46. The molecule has 90 valence electrons. The summed E-state index contributed by atoms with van der Waals surface area (Å²) in [6.07, 6.45) is 0.488. The average molecular weight is 232 g/mol. The first-order chi connectivity index (χ1) is 8.08. The number of benzene rings is 1. The summed E-state index contributed by atoms with van der Waals surface area (Å²) in [6.45, 7) is 0.807. The third kappa shape index (κ3) is 2.46. The second-order valence-corrected chi connectivity index (χ2v) is 4.46. The standard InChI is InChI=1S/C13H16N2O2/c1-14(2)11-5-3-10(4-6-11)13(17)15-8-7-12(16)9-15/h3-6H,7-9H2,1-2H3. The lowest BCUT2D eigenvalue weighted by Crippen LogP contribution is -2.28. The van der Waals surface area contributed by atoms with Crippen LogP contribution in [0.5, 0.6) is 0 Å². The zero-order valence-corrected chi connectivity index (χ0v) is 10.1. The van der Waals surface area contributed by atoms with Gasteiger partial charge in [-0.3, -0.25) is 9.59 Å². The Morgan fingerprint density at radius 1 is 1.24 bits per heavy atom. The quantitative estimate of drug-likeness (QED) is 0.768. The van der Waals surface area contributed by atoms with Crippen molar-refractivity contribution in [2.45, 2.75) is 6.42 Å². The number of likely N-dealkylation sites (tertiary alicyclic amines) is 1. The molecule has 0 spiro atoms. The van der Waals surface area contributed by atoms with E-state index in [0.29, 0.717) is 18.5 Å². The van der Waals surface area contributed by atoms with Crippen molar-refractivity contribution in [2.24, 2.45) is 0 Å². The molecular weight excluding hydrogens is 216 g/mol. The zero-order chi connectivity index (χ0) is 12.4. The molecule has 0 aromatic heterocycles. The second kappa shape index (κ2) is 4.57. The van der Waals surface area contributed by atoms with E-state index in [1.807, 2.05) is 31.1 Å². The molecule has 0 atom stereocenters. The smallest absolute Gasteiger partial charge is 0.254 e. The molecule has 1 fully saturated rings. The van der Waals surface area contributed by atoms with Crippen LogP contribution >= 0.6 is 0 Å². The molecule has 17 heavy (non-hydrogen) atoms. The zero-order valence-electron chi connectivity index (χ0n) is 10.1. The van der Waals surface area contributed by atoms with Gasteiger partial charge in [0.2, 0.25) is 0 Å². The van der Waals surface area contributed by atoms with Crippen LogP contribution in [-0.2, 0) is 4.79 Å². The Labute approximate surface area is 101 Å². The first-order valence-corrected chi connectivity index (χ1v) is 5.66. The normalized spacial score (nSPS) is 15.2. The molecule has 0 bridgehead atoms. The topological polar surface area (TPSA) is 40.6 Å². The Bertz CT molecular complexity index is 437. The van der Waals surface area contributed by atoms with Crippen LogP contribution < -0.4 is 4.90 Å². The molecule has 0 radical (unpaired) electrons. The van der Waals surface area contributed by atoms with Crippen LogP contribution in [0.15, 0.2) is 24.3 Å². The number of rotatable bonds is 2. The van der Waals surface area contributed by atoms with Crippen LogP contribution in [0.2, 0.25) is 0 Å². The number of carbonyl (C=O) groups excluding carboxylic acids is 2. The molecule has 1 amide bonds. The molecule has 1 aliphatic heterocycles. The van der Waals surface area contributed by atoms with Crippen molar-refractivity contribution in [1.29, 1.82) is 0 Å². The highest BCUT2D eigenvalue weighted by Gasteiger charge is 2.24. The summed E-state index contributed by atoms with van der Waals surface area (Å²) in [4.78, 5) is 26.7. The van der Waals surface area contributed by atoms with E-state index in [1.165, 1.54) is 0 Å². The Kier molecular flexibility index (Phi) is 3.13. The van der Waals surface area contributed by atoms with E-state index in [4.69, 9.17) is 0 Å². The molecule has 0 unspecified atom stereocenters. The fourth-order valence-electron chi connectivity index (χ4n) is 1.89. The van der Waals surface area contributed by atoms with Crippen molar-refractivity contribution < 1.29 is 9.59 Å². The van der Waals surface area contributed by atoms with Crippen molar-refractivity contribution in [2.75, 3.05) is 32.1 Å². The monoisotopic (exact) mass is 232 g/mol. The van der Waals surface area contributed by atoms with Crippen LogP contribution in [0.25, 0.3) is 0 Å². The van der Waals surface area contributed by atoms with Gasteiger partial charge in [-0.2, -0.15) is 0 Å². The first kappa shape index (κ1) is 11.6. The summed E-state index contributed by atoms with van der Waals surface area (Å²) < 4.78 is 0. The van der Waals surface area contributed by atoms with Gasteiger partial charge in [0.15, 0.2) is 5.78 Å². The molecule has 4 heteroatoms. The third-order valence-electron chi connectivity index (χ3n) is 2.95. The lowest BCUT2D eigenvalue weighted by molar-refractivity contribution is -0.116. The van der Waals surface area contributed by atoms with Gasteiger partial charge >= 0.3 is 0 Å². The van der Waals surface area contributed by atoms with Crippen LogP contribution in [0, 0.1) is 0 Å². The maximum atomic E-state index is 12.0. The Balaban J connectivity index is 2.12. The molecule has 0 aliphatic carbocycles. The maximum absolute atomic E-state index is 12.0. The van der Waals surface area contributed by atoms with Crippen LogP contribution in [0.3, 0.4) is 0 Å². The summed E-state index contributed by atoms with van der Waals surface area (Å²) in [5.41, 5.74) is 1.70. The Morgan fingerprint density at radius 2 is 1.88 bits per heavy atom. The summed E-state index contributed by atoms with van der Waals surface area (Å²) in [5.74, 6) is 0.0874. The van der Waals surface area contributed by atoms with Gasteiger partial charge in [-0.15, -0.1) is 0 Å². The molecular formula is C13H16N2O2. The van der Waals surface area contributed by atoms with Crippen LogP contribution in [0.4, 0.5) is 5.69 Å². The molecule has 1 saturated heterocycles. The van der Waals surface area contributed by atoms with E-state index in [9.17, 15) is 9.59 Å². The predicted octanol–water partition coefficient (Wildman–Crippen LogP) is 1.17. The van der Waals surface area contributed by atoms with Gasteiger partial charge in [0.05, 0.1) is 6.54 Å². The van der Waals surface area contributed by atoms with Crippen molar-refractivity contribution in [3.63, 3.8) is 0 Å². The number of hydrogen-bond donors (Lipinski definition) is 0. The van der Waals surface area contributed by atoms with Gasteiger partial charge in [-0.05, 0) is 24.3 Å². The van der Waals surface area contributed by atoms with Crippen molar-refractivity contribution in [3.05, 3.63) is 29.8 Å². The number of carbonyl (C=O) groups is 2. The molecule has 2 rings (SSSR count). The third-order valence-corrected chi connectivity index (χ3v) is 2.95. The SMILES string of the molecule is CN(C)c1ccc(C(=O)N2CCC(=O)C2)cc1. The highest BCUT2D eigenvalue weighted by atomic mass is 16.2. The van der Waals surface area contributed by atoms with Gasteiger partial charge in [0.25, 0.3) is 5.91 Å². The number of anilines is 1. The fourth-order valence-corrected chi connectivity index (χ4v) is 1.89. The highest BCUT2D eigenvalue weighted by Crippen LogP contribution is 2.15. The average Bonchev–Trinajstić information content (AvgIpc) is 2.75. The Hall–Kier alpha value is -1.84. The van der Waals surface area contributed by atoms with Gasteiger partial charge in [0, 0.05) is 38.3 Å². The molecule has 0 saturated carbocycles. The van der Waals surface area contributed by atoms with Gasteiger partial charge < -0.3 is 9.80 Å². The number of nitrogens with zero attached hydrogens (tertiary/aromatic N) is 2. The number of amides is 1. The van der Waals surface area contributed by atoms with E-state index in [0.717, 1.165) is 5.69 Å². The molecule has 1 heterocycles. The van der Waals surface area contributed by atoms with Crippen molar-refractivity contribution >= 4 is 17.4 Å². The van der Waals surface area contributed by atoms with Gasteiger partial charge in [0.1, 0.15) is 0 Å². The van der Waals surface area contributed by atoms with E-state index in [1.54, 1.807) is 17.0 Å². The summed E-state index contributed by atoms with van der Waals surface area (Å²) in [7, 11) is 3.91. The molecule has 1 aliphatic rings. The minimum Gasteiger partial charge on any atom is -0.378 e. The van der Waals surface area contributed by atoms with E-state index in [2.05, 4.69) is 0 Å². The highest BCUT2D eigenvalue weighted by molar-refractivity contribution is 5.98. The van der Waals surface area contributed by atoms with Gasteiger partial charge in [-0.1, -0.05) is 0 Å². The van der Waals surface area contributed by atoms with E-state index < -0.39 is 0 Å². The first-order valence-electron chi connectivity index (χ1n) is 5.66. The van der Waals surface area contributed by atoms with Crippen molar-refractivity contribution in [3.8, 4) is 0 Å². The van der Waals surface area contributed by atoms with E-state index >= 15 is 0 Å². The lowest BCUT2D eigenvalue weighted by atomic mass is 10.2. The molecule has 0 N–H and O–H groups in total. The lowest BCUT2D eigenvalue weighted by Gasteiger charge is -2.16. The summed E-state index contributed by atoms with van der Waals surface area (Å²) >= 11 is 0. The van der Waals surface area contributed by atoms with Crippen LogP contribution in [0.1, 0.15) is 16.8 Å². The largest absolute Gasteiger partial charge is 0.378 e. The van der Waals surface area contributed by atoms with Crippen LogP contribution in [-0.4, -0.2) is 43.8 Å². The molecule has 1 aromatic rings. The number of ketones is 1. The minimum atomic E-state index is -0.0545. The number of hydrogen-bond acceptors (Lipinski definition) is 3. The number of Topliss-reactive ketones (excluding diaryl/α,β-unsaturated/α-hetero) is 1. The van der Waals surface area contributed by atoms with Crippen molar-refractivity contribution in [1.82, 2.24) is 4.90 Å². The fraction of sp³-hybridized carbons (Fsp3) is 0.385. The summed E-state index contributed by atoms with van der Waals surface area (Å²) in [5, 5.41) is 0. The minimum absolute atomic E-state index is 0.0545. The predicted molar refractivity (Wildman–Crippen MR) is 66.3 cm³/mol. The molecule has 1 aromatic carbocycles. The van der Waals surface area contributed by atoms with Gasteiger partial charge in [-0.25, -0.2) is 0 Å². The summed E-state index contributed by atoms with van der Waals surface area (Å²) in [6, 6.07) is 7.43. The Morgan fingerprint density at radius 3 is 2.35 bits per heavy atom.